The van der Waals surface area contributed by atoms with Gasteiger partial charge in [-0.1, -0.05) is 25.1 Å². The Balaban J connectivity index is 2.04. The van der Waals surface area contributed by atoms with E-state index in [0.717, 1.165) is 47.7 Å². The van der Waals surface area contributed by atoms with Crippen LogP contribution in [0.25, 0.3) is 10.9 Å². The van der Waals surface area contributed by atoms with Crippen LogP contribution in [0.15, 0.2) is 24.3 Å². The molecule has 2 aromatic rings. The van der Waals surface area contributed by atoms with Crippen LogP contribution < -0.4 is 4.90 Å². The number of aryl methyl sites for hydroxylation is 1. The van der Waals surface area contributed by atoms with Gasteiger partial charge in [-0.3, -0.25) is 0 Å². The molecule has 2 heterocycles. The van der Waals surface area contributed by atoms with Gasteiger partial charge in [0.25, 0.3) is 0 Å². The lowest BCUT2D eigenvalue weighted by molar-refractivity contribution is -0.922. The van der Waals surface area contributed by atoms with Crippen molar-refractivity contribution >= 4 is 16.9 Å². The van der Waals surface area contributed by atoms with Crippen LogP contribution in [-0.4, -0.2) is 31.2 Å². The summed E-state index contributed by atoms with van der Waals surface area (Å²) in [6.45, 7) is 7.39. The molecule has 1 aromatic carbocycles. The number of para-hydroxylation sites is 1. The smallest absolute Gasteiger partial charge is 0.340 e. The fraction of sp³-hybridized carbons (Fsp3) is 0.474. The van der Waals surface area contributed by atoms with Gasteiger partial charge in [0, 0.05) is 11.3 Å². The number of pyridine rings is 1. The van der Waals surface area contributed by atoms with Gasteiger partial charge in [-0.15, -0.1) is 0 Å². The molecule has 1 aromatic heterocycles. The van der Waals surface area contributed by atoms with Crippen molar-refractivity contribution in [3.8, 4) is 0 Å². The summed E-state index contributed by atoms with van der Waals surface area (Å²) >= 11 is 0. The maximum absolute atomic E-state index is 12.3. The number of carbonyl (C=O) groups is 1. The highest BCUT2D eigenvalue weighted by Crippen LogP contribution is 2.23. The summed E-state index contributed by atoms with van der Waals surface area (Å²) in [5.41, 5.74) is 3.45. The number of hydrogen-bond acceptors (Lipinski definition) is 3. The first kappa shape index (κ1) is 15.9. The summed E-state index contributed by atoms with van der Waals surface area (Å²) in [6.07, 6.45) is 2.55. The van der Waals surface area contributed by atoms with E-state index in [-0.39, 0.29) is 5.97 Å². The van der Waals surface area contributed by atoms with Gasteiger partial charge >= 0.3 is 5.97 Å². The maximum atomic E-state index is 12.3. The third kappa shape index (κ3) is 3.22. The number of methoxy groups -OCH3 is 1. The SMILES string of the molecule is COC(=O)c1c(C[NH+]2CCC[C@H](C)C2)nc2ccccc2c1C. The molecule has 0 saturated carbocycles. The van der Waals surface area contributed by atoms with Gasteiger partial charge in [-0.05, 0) is 31.4 Å². The first-order valence-electron chi connectivity index (χ1n) is 8.40. The lowest BCUT2D eigenvalue weighted by Gasteiger charge is -2.28. The highest BCUT2D eigenvalue weighted by molar-refractivity contribution is 5.98. The second-order valence-corrected chi connectivity index (χ2v) is 6.70. The molecule has 122 valence electrons. The van der Waals surface area contributed by atoms with E-state index in [1.807, 2.05) is 31.2 Å². The van der Waals surface area contributed by atoms with E-state index in [1.54, 1.807) is 0 Å². The number of nitrogens with zero attached hydrogens (tertiary/aromatic N) is 1. The van der Waals surface area contributed by atoms with E-state index >= 15 is 0 Å². The summed E-state index contributed by atoms with van der Waals surface area (Å²) in [6, 6.07) is 8.01. The summed E-state index contributed by atoms with van der Waals surface area (Å²) in [5, 5.41) is 1.03. The average molecular weight is 313 g/mol. The van der Waals surface area contributed by atoms with Crippen molar-refractivity contribution in [2.45, 2.75) is 33.2 Å². The second-order valence-electron chi connectivity index (χ2n) is 6.70. The number of carbonyl (C=O) groups excluding carboxylic acids is 1. The van der Waals surface area contributed by atoms with Gasteiger partial charge < -0.3 is 9.64 Å². The zero-order chi connectivity index (χ0) is 16.4. The number of rotatable bonds is 3. The van der Waals surface area contributed by atoms with Gasteiger partial charge in [0.1, 0.15) is 12.2 Å². The molecule has 0 aliphatic carbocycles. The third-order valence-corrected chi connectivity index (χ3v) is 4.90. The average Bonchev–Trinajstić information content (AvgIpc) is 2.54. The number of benzene rings is 1. The molecule has 1 saturated heterocycles. The Morgan fingerprint density at radius 2 is 2.17 bits per heavy atom. The molecule has 1 unspecified atom stereocenters. The van der Waals surface area contributed by atoms with Crippen molar-refractivity contribution in [1.29, 1.82) is 0 Å². The summed E-state index contributed by atoms with van der Waals surface area (Å²) in [5.74, 6) is 0.460. The van der Waals surface area contributed by atoms with Crippen molar-refractivity contribution in [3.05, 3.63) is 41.1 Å². The minimum absolute atomic E-state index is 0.278. The normalized spacial score (nSPS) is 21.3. The standard InChI is InChI=1S/C19H24N2O2/c1-13-7-6-10-21(11-13)12-17-18(19(22)23-3)14(2)15-8-4-5-9-16(15)20-17/h4-5,8-9,13H,6-7,10-12H2,1-3H3/p+1/t13-/m0/s1. The second kappa shape index (κ2) is 6.67. The first-order chi connectivity index (χ1) is 11.1. The third-order valence-electron chi connectivity index (χ3n) is 4.90. The molecule has 2 atom stereocenters. The molecule has 0 bridgehead atoms. The molecule has 0 spiro atoms. The molecule has 1 aliphatic rings. The van der Waals surface area contributed by atoms with Gasteiger partial charge in [0.15, 0.2) is 0 Å². The van der Waals surface area contributed by atoms with E-state index in [1.165, 1.54) is 24.9 Å². The lowest BCUT2D eigenvalue weighted by Crippen LogP contribution is -3.12. The maximum Gasteiger partial charge on any atom is 0.340 e. The Kier molecular flexibility index (Phi) is 4.62. The van der Waals surface area contributed by atoms with Crippen LogP contribution in [0.2, 0.25) is 0 Å². The van der Waals surface area contributed by atoms with Crippen LogP contribution >= 0.6 is 0 Å². The van der Waals surface area contributed by atoms with Crippen LogP contribution in [0, 0.1) is 12.8 Å². The molecule has 0 amide bonds. The molecular weight excluding hydrogens is 288 g/mol. The highest BCUT2D eigenvalue weighted by atomic mass is 16.5. The van der Waals surface area contributed by atoms with Crippen molar-refractivity contribution in [1.82, 2.24) is 4.98 Å². The van der Waals surface area contributed by atoms with E-state index in [4.69, 9.17) is 9.72 Å². The Morgan fingerprint density at radius 3 is 2.91 bits per heavy atom. The van der Waals surface area contributed by atoms with Crippen molar-refractivity contribution < 1.29 is 14.4 Å². The summed E-state index contributed by atoms with van der Waals surface area (Å²) < 4.78 is 5.03. The molecule has 4 nitrogen and oxygen atoms in total. The van der Waals surface area contributed by atoms with E-state index in [9.17, 15) is 4.79 Å². The van der Waals surface area contributed by atoms with E-state index in [0.29, 0.717) is 5.56 Å². The molecule has 3 rings (SSSR count). The number of ether oxygens (including phenoxy) is 1. The van der Waals surface area contributed by atoms with Crippen molar-refractivity contribution in [2.75, 3.05) is 20.2 Å². The molecule has 4 heteroatoms. The molecule has 1 N–H and O–H groups in total. The largest absolute Gasteiger partial charge is 0.465 e. The number of quaternary nitrogens is 1. The molecule has 0 radical (unpaired) electrons. The molecule has 1 fully saturated rings. The fourth-order valence-corrected chi connectivity index (χ4v) is 3.74. The van der Waals surface area contributed by atoms with Crippen molar-refractivity contribution in [3.63, 3.8) is 0 Å². The highest BCUT2D eigenvalue weighted by Gasteiger charge is 2.25. The lowest BCUT2D eigenvalue weighted by atomic mass is 9.98. The minimum atomic E-state index is -0.278. The molecular formula is C19H25N2O2+. The zero-order valence-electron chi connectivity index (χ0n) is 14.2. The molecule has 23 heavy (non-hydrogen) atoms. The van der Waals surface area contributed by atoms with Crippen LogP contribution in [0.1, 0.15) is 41.4 Å². The molecule has 1 aliphatic heterocycles. The van der Waals surface area contributed by atoms with Crippen molar-refractivity contribution in [2.24, 2.45) is 5.92 Å². The Bertz CT molecular complexity index is 727. The Labute approximate surface area is 137 Å². The summed E-state index contributed by atoms with van der Waals surface area (Å²) in [7, 11) is 1.44. The van der Waals surface area contributed by atoms with Crippen LogP contribution in [0.4, 0.5) is 0 Å². The first-order valence-corrected chi connectivity index (χ1v) is 8.40. The van der Waals surface area contributed by atoms with Gasteiger partial charge in [0.2, 0.25) is 0 Å². The van der Waals surface area contributed by atoms with Crippen LogP contribution in [0.5, 0.6) is 0 Å². The monoisotopic (exact) mass is 313 g/mol. The number of fused-ring (bicyclic) bond motifs is 1. The van der Waals surface area contributed by atoms with E-state index in [2.05, 4.69) is 6.92 Å². The quantitative estimate of drug-likeness (QED) is 0.883. The van der Waals surface area contributed by atoms with Crippen LogP contribution in [0.3, 0.4) is 0 Å². The number of aromatic nitrogens is 1. The Morgan fingerprint density at radius 1 is 1.39 bits per heavy atom. The van der Waals surface area contributed by atoms with Crippen LogP contribution in [-0.2, 0) is 11.3 Å². The predicted octanol–water partition coefficient (Wildman–Crippen LogP) is 2.14. The van der Waals surface area contributed by atoms with E-state index < -0.39 is 0 Å². The van der Waals surface area contributed by atoms with Gasteiger partial charge in [0.05, 0.1) is 31.3 Å². The summed E-state index contributed by atoms with van der Waals surface area (Å²) in [4.78, 5) is 18.6. The number of piperidine rings is 1. The number of nitrogens with one attached hydrogen (secondary N) is 1. The van der Waals surface area contributed by atoms with Gasteiger partial charge in [-0.25, -0.2) is 9.78 Å². The fourth-order valence-electron chi connectivity index (χ4n) is 3.74. The number of hydrogen-bond donors (Lipinski definition) is 1. The number of likely N-dealkylation sites (tertiary alicyclic amines) is 1. The Hall–Kier alpha value is -1.94. The number of esters is 1. The zero-order valence-corrected chi connectivity index (χ0v) is 14.2. The predicted molar refractivity (Wildman–Crippen MR) is 90.6 cm³/mol. The van der Waals surface area contributed by atoms with Gasteiger partial charge in [-0.2, -0.15) is 0 Å². The minimum Gasteiger partial charge on any atom is -0.465 e. The topological polar surface area (TPSA) is 43.6 Å².